The number of aromatic nitrogens is 1. The van der Waals surface area contributed by atoms with Crippen molar-refractivity contribution in [3.05, 3.63) is 58.5 Å². The molecule has 0 unspecified atom stereocenters. The van der Waals surface area contributed by atoms with Crippen LogP contribution < -0.4 is 16.0 Å². The lowest BCUT2D eigenvalue weighted by Crippen LogP contribution is -2.22. The van der Waals surface area contributed by atoms with Gasteiger partial charge in [-0.1, -0.05) is 25.5 Å². The highest BCUT2D eigenvalue weighted by Gasteiger charge is 2.04. The van der Waals surface area contributed by atoms with E-state index in [1.807, 2.05) is 30.3 Å². The highest BCUT2D eigenvalue weighted by atomic mass is 16.5. The molecule has 0 aliphatic rings. The van der Waals surface area contributed by atoms with Gasteiger partial charge < -0.3 is 15.0 Å². The highest BCUT2D eigenvalue weighted by Crippen LogP contribution is 2.08. The van der Waals surface area contributed by atoms with Crippen molar-refractivity contribution < 1.29 is 4.74 Å². The Labute approximate surface area is 118 Å². The van der Waals surface area contributed by atoms with E-state index in [4.69, 9.17) is 10.5 Å². The van der Waals surface area contributed by atoms with Gasteiger partial charge in [0.15, 0.2) is 5.75 Å². The fourth-order valence-electron chi connectivity index (χ4n) is 1.90. The van der Waals surface area contributed by atoms with Crippen molar-refractivity contribution in [3.63, 3.8) is 0 Å². The van der Waals surface area contributed by atoms with E-state index in [1.54, 1.807) is 16.8 Å². The van der Waals surface area contributed by atoms with E-state index >= 15 is 0 Å². The van der Waals surface area contributed by atoms with Gasteiger partial charge in [0.1, 0.15) is 0 Å². The van der Waals surface area contributed by atoms with Crippen LogP contribution in [0.1, 0.15) is 25.3 Å². The SMILES string of the molecule is CCCCOc1cccn(Cc2ccc(N)cc2)c1=O. The number of hydrogen-bond donors (Lipinski definition) is 1. The van der Waals surface area contributed by atoms with Crippen molar-refractivity contribution in [1.29, 1.82) is 0 Å². The summed E-state index contributed by atoms with van der Waals surface area (Å²) >= 11 is 0. The first-order chi connectivity index (χ1) is 9.70. The minimum atomic E-state index is -0.0968. The van der Waals surface area contributed by atoms with Crippen LogP contribution in [-0.2, 0) is 6.54 Å². The monoisotopic (exact) mass is 272 g/mol. The van der Waals surface area contributed by atoms with E-state index < -0.39 is 0 Å². The van der Waals surface area contributed by atoms with Crippen LogP contribution in [0.3, 0.4) is 0 Å². The molecule has 4 heteroatoms. The zero-order chi connectivity index (χ0) is 14.4. The number of nitrogen functional groups attached to an aromatic ring is 1. The molecular weight excluding hydrogens is 252 g/mol. The van der Waals surface area contributed by atoms with Crippen molar-refractivity contribution in [2.24, 2.45) is 0 Å². The molecule has 0 spiro atoms. The average molecular weight is 272 g/mol. The first kappa shape index (κ1) is 14.2. The Hall–Kier alpha value is -2.23. The molecule has 0 atom stereocenters. The number of ether oxygens (including phenoxy) is 1. The number of nitrogens with zero attached hydrogens (tertiary/aromatic N) is 1. The van der Waals surface area contributed by atoms with Gasteiger partial charge in [-0.2, -0.15) is 0 Å². The third-order valence-corrected chi connectivity index (χ3v) is 3.07. The zero-order valence-electron chi connectivity index (χ0n) is 11.7. The summed E-state index contributed by atoms with van der Waals surface area (Å²) in [6.45, 7) is 3.19. The van der Waals surface area contributed by atoms with Crippen LogP contribution in [0.25, 0.3) is 0 Å². The Morgan fingerprint density at radius 3 is 2.65 bits per heavy atom. The molecule has 2 rings (SSSR count). The van der Waals surface area contributed by atoms with E-state index in [9.17, 15) is 4.79 Å². The number of rotatable bonds is 6. The largest absolute Gasteiger partial charge is 0.488 e. The Balaban J connectivity index is 2.14. The molecule has 1 heterocycles. The quantitative estimate of drug-likeness (QED) is 0.649. The molecule has 0 bridgehead atoms. The normalized spacial score (nSPS) is 10.4. The number of benzene rings is 1. The molecule has 0 radical (unpaired) electrons. The average Bonchev–Trinajstić information content (AvgIpc) is 2.45. The Kier molecular flexibility index (Phi) is 4.82. The maximum Gasteiger partial charge on any atom is 0.293 e. The smallest absolute Gasteiger partial charge is 0.293 e. The minimum absolute atomic E-state index is 0.0968. The van der Waals surface area contributed by atoms with E-state index in [-0.39, 0.29) is 5.56 Å². The number of anilines is 1. The Bertz CT molecular complexity index is 603. The van der Waals surface area contributed by atoms with Crippen LogP contribution in [0.4, 0.5) is 5.69 Å². The van der Waals surface area contributed by atoms with Gasteiger partial charge in [0.2, 0.25) is 0 Å². The highest BCUT2D eigenvalue weighted by molar-refractivity contribution is 5.39. The second-order valence-electron chi connectivity index (χ2n) is 4.75. The molecule has 106 valence electrons. The third kappa shape index (κ3) is 3.63. The molecule has 2 aromatic rings. The molecule has 1 aromatic carbocycles. The van der Waals surface area contributed by atoms with E-state index in [2.05, 4.69) is 6.92 Å². The van der Waals surface area contributed by atoms with Crippen molar-refractivity contribution >= 4 is 5.69 Å². The molecular formula is C16H20N2O2. The molecule has 0 saturated carbocycles. The van der Waals surface area contributed by atoms with Gasteiger partial charge in [-0.3, -0.25) is 4.79 Å². The molecule has 0 saturated heterocycles. The lowest BCUT2D eigenvalue weighted by molar-refractivity contribution is 0.303. The van der Waals surface area contributed by atoms with Gasteiger partial charge in [0.25, 0.3) is 5.56 Å². The fourth-order valence-corrected chi connectivity index (χ4v) is 1.90. The summed E-state index contributed by atoms with van der Waals surface area (Å²) in [4.78, 5) is 12.2. The van der Waals surface area contributed by atoms with E-state index in [0.29, 0.717) is 18.9 Å². The summed E-state index contributed by atoms with van der Waals surface area (Å²) in [5.41, 5.74) is 7.31. The zero-order valence-corrected chi connectivity index (χ0v) is 11.7. The van der Waals surface area contributed by atoms with Crippen LogP contribution in [0.5, 0.6) is 5.75 Å². The van der Waals surface area contributed by atoms with Gasteiger partial charge in [0.05, 0.1) is 13.2 Å². The van der Waals surface area contributed by atoms with Gasteiger partial charge in [-0.05, 0) is 36.2 Å². The van der Waals surface area contributed by atoms with Gasteiger partial charge in [0, 0.05) is 11.9 Å². The molecule has 0 amide bonds. The predicted octanol–water partition coefficient (Wildman–Crippen LogP) is 2.66. The minimum Gasteiger partial charge on any atom is -0.488 e. The summed E-state index contributed by atoms with van der Waals surface area (Å²) < 4.78 is 7.17. The summed E-state index contributed by atoms with van der Waals surface area (Å²) in [7, 11) is 0. The molecule has 0 fully saturated rings. The second kappa shape index (κ2) is 6.80. The van der Waals surface area contributed by atoms with Gasteiger partial charge in [-0.25, -0.2) is 0 Å². The van der Waals surface area contributed by atoms with Crippen LogP contribution in [-0.4, -0.2) is 11.2 Å². The molecule has 1 aromatic heterocycles. The fraction of sp³-hybridized carbons (Fsp3) is 0.312. The molecule has 4 nitrogen and oxygen atoms in total. The van der Waals surface area contributed by atoms with Crippen LogP contribution in [0.15, 0.2) is 47.4 Å². The summed E-state index contributed by atoms with van der Waals surface area (Å²) in [6.07, 6.45) is 3.77. The van der Waals surface area contributed by atoms with Crippen molar-refractivity contribution in [2.45, 2.75) is 26.3 Å². The first-order valence-corrected chi connectivity index (χ1v) is 6.87. The molecule has 20 heavy (non-hydrogen) atoms. The lowest BCUT2D eigenvalue weighted by Gasteiger charge is -2.09. The summed E-state index contributed by atoms with van der Waals surface area (Å²) in [5, 5.41) is 0. The topological polar surface area (TPSA) is 57.2 Å². The maximum atomic E-state index is 12.2. The lowest BCUT2D eigenvalue weighted by atomic mass is 10.2. The number of pyridine rings is 1. The number of hydrogen-bond acceptors (Lipinski definition) is 3. The van der Waals surface area contributed by atoms with Crippen LogP contribution >= 0.6 is 0 Å². The summed E-state index contributed by atoms with van der Waals surface area (Å²) in [5.74, 6) is 0.413. The first-order valence-electron chi connectivity index (χ1n) is 6.87. The van der Waals surface area contributed by atoms with E-state index in [0.717, 1.165) is 24.1 Å². The standard InChI is InChI=1S/C16H20N2O2/c1-2-3-11-20-15-5-4-10-18(16(15)19)12-13-6-8-14(17)9-7-13/h4-10H,2-3,11-12,17H2,1H3. The molecule has 2 N–H and O–H groups in total. The van der Waals surface area contributed by atoms with Crippen molar-refractivity contribution in [1.82, 2.24) is 4.57 Å². The Morgan fingerprint density at radius 2 is 1.95 bits per heavy atom. The van der Waals surface area contributed by atoms with Gasteiger partial charge >= 0.3 is 0 Å². The van der Waals surface area contributed by atoms with Gasteiger partial charge in [-0.15, -0.1) is 0 Å². The Morgan fingerprint density at radius 1 is 1.20 bits per heavy atom. The van der Waals surface area contributed by atoms with Crippen molar-refractivity contribution in [2.75, 3.05) is 12.3 Å². The second-order valence-corrected chi connectivity index (χ2v) is 4.75. The third-order valence-electron chi connectivity index (χ3n) is 3.07. The van der Waals surface area contributed by atoms with Crippen LogP contribution in [0, 0.1) is 0 Å². The number of unbranched alkanes of at least 4 members (excludes halogenated alkanes) is 1. The van der Waals surface area contributed by atoms with E-state index in [1.165, 1.54) is 0 Å². The number of nitrogens with two attached hydrogens (primary N) is 1. The predicted molar refractivity (Wildman–Crippen MR) is 81.1 cm³/mol. The molecule has 0 aliphatic carbocycles. The van der Waals surface area contributed by atoms with Crippen molar-refractivity contribution in [3.8, 4) is 5.75 Å². The maximum absolute atomic E-state index is 12.2. The molecule has 0 aliphatic heterocycles. The summed E-state index contributed by atoms with van der Waals surface area (Å²) in [6, 6.07) is 11.1. The van der Waals surface area contributed by atoms with Crippen LogP contribution in [0.2, 0.25) is 0 Å².